The summed E-state index contributed by atoms with van der Waals surface area (Å²) in [6.45, 7) is 1.55. The monoisotopic (exact) mass is 483 g/mol. The van der Waals surface area contributed by atoms with Gasteiger partial charge < -0.3 is 25.4 Å². The topological polar surface area (TPSA) is 89.4 Å². The van der Waals surface area contributed by atoms with Gasteiger partial charge in [-0.3, -0.25) is 4.68 Å². The highest BCUT2D eigenvalue weighted by Gasteiger charge is 2.24. The van der Waals surface area contributed by atoms with Crippen LogP contribution in [0.1, 0.15) is 19.3 Å². The summed E-state index contributed by atoms with van der Waals surface area (Å²) in [6, 6.07) is 14.4. The molecule has 1 fully saturated rings. The Kier molecular flexibility index (Phi) is 8.05. The fourth-order valence-corrected chi connectivity index (χ4v) is 4.31. The smallest absolute Gasteiger partial charge is 0.323 e. The minimum atomic E-state index is -0.346. The molecule has 2 aromatic carbocycles. The van der Waals surface area contributed by atoms with Crippen LogP contribution < -0.4 is 20.7 Å². The molecular formula is C25H30ClN5O3. The predicted molar refractivity (Wildman–Crippen MR) is 135 cm³/mol. The summed E-state index contributed by atoms with van der Waals surface area (Å²) in [5.74, 6) is 0.733. The fraction of sp³-hybridized carbons (Fsp3) is 0.360. The summed E-state index contributed by atoms with van der Waals surface area (Å²) < 4.78 is 13.6. The number of ether oxygens (including phenoxy) is 2. The molecule has 2 amide bonds. The van der Waals surface area contributed by atoms with Gasteiger partial charge in [0.05, 0.1) is 18.4 Å². The van der Waals surface area contributed by atoms with Crippen LogP contribution >= 0.6 is 11.6 Å². The van der Waals surface area contributed by atoms with Crippen LogP contribution in [0.25, 0.3) is 11.3 Å². The summed E-state index contributed by atoms with van der Waals surface area (Å²) in [6.07, 6.45) is 4.97. The van der Waals surface area contributed by atoms with Crippen molar-refractivity contribution in [2.24, 2.45) is 7.05 Å². The molecule has 1 saturated heterocycles. The second-order valence-corrected chi connectivity index (χ2v) is 8.69. The van der Waals surface area contributed by atoms with Gasteiger partial charge in [0.2, 0.25) is 0 Å². The van der Waals surface area contributed by atoms with Gasteiger partial charge in [-0.05, 0) is 74.3 Å². The van der Waals surface area contributed by atoms with Gasteiger partial charge in [0.15, 0.2) is 0 Å². The van der Waals surface area contributed by atoms with E-state index in [0.717, 1.165) is 42.8 Å². The number of amides is 2. The molecule has 9 heteroatoms. The van der Waals surface area contributed by atoms with E-state index in [1.807, 2.05) is 31.3 Å². The van der Waals surface area contributed by atoms with Gasteiger partial charge in [-0.15, -0.1) is 0 Å². The third-order valence-corrected chi connectivity index (χ3v) is 6.20. The molecule has 0 saturated carbocycles. The highest BCUT2D eigenvalue weighted by Crippen LogP contribution is 2.33. The van der Waals surface area contributed by atoms with Gasteiger partial charge in [0, 0.05) is 48.4 Å². The van der Waals surface area contributed by atoms with Gasteiger partial charge in [0.25, 0.3) is 0 Å². The molecule has 0 spiro atoms. The number of urea groups is 1. The SMILES string of the molecule is COC1CCCNC1CCOc1ccc(NC(=O)Nc2ccc(Cl)cc2)cc1-c1ccnn1C. The summed E-state index contributed by atoms with van der Waals surface area (Å²) in [5, 5.41) is 14.1. The Morgan fingerprint density at radius 3 is 2.68 bits per heavy atom. The number of aryl methyl sites for hydroxylation is 1. The highest BCUT2D eigenvalue weighted by molar-refractivity contribution is 6.30. The second kappa shape index (κ2) is 11.4. The van der Waals surface area contributed by atoms with Crippen LogP contribution in [0.15, 0.2) is 54.7 Å². The van der Waals surface area contributed by atoms with E-state index in [1.165, 1.54) is 0 Å². The second-order valence-electron chi connectivity index (χ2n) is 8.25. The molecule has 1 aromatic heterocycles. The van der Waals surface area contributed by atoms with Gasteiger partial charge >= 0.3 is 6.03 Å². The van der Waals surface area contributed by atoms with E-state index in [0.29, 0.717) is 23.0 Å². The van der Waals surface area contributed by atoms with E-state index in [1.54, 1.807) is 42.3 Å². The number of nitrogens with zero attached hydrogens (tertiary/aromatic N) is 2. The molecule has 3 aromatic rings. The molecule has 0 bridgehead atoms. The van der Waals surface area contributed by atoms with Crippen molar-refractivity contribution in [1.82, 2.24) is 15.1 Å². The predicted octanol–water partition coefficient (Wildman–Crippen LogP) is 4.92. The molecule has 3 N–H and O–H groups in total. The Hall–Kier alpha value is -3.07. The van der Waals surface area contributed by atoms with Crippen LogP contribution in [-0.2, 0) is 11.8 Å². The average Bonchev–Trinajstić information content (AvgIpc) is 3.27. The number of anilines is 2. The first kappa shape index (κ1) is 24.1. The number of carbonyl (C=O) groups excluding carboxylic acids is 1. The number of piperidine rings is 1. The van der Waals surface area contributed by atoms with E-state index in [4.69, 9.17) is 21.1 Å². The van der Waals surface area contributed by atoms with E-state index in [9.17, 15) is 4.79 Å². The van der Waals surface area contributed by atoms with Gasteiger partial charge in [0.1, 0.15) is 5.75 Å². The molecule has 1 aliphatic rings. The standard InChI is InChI=1S/C25H30ClN5O3/c1-31-22(11-14-28-31)20-16-19(30-25(32)29-18-7-5-17(26)6-8-18)9-10-23(20)34-15-12-21-24(33-2)4-3-13-27-21/h5-11,14,16,21,24,27H,3-4,12-13,15H2,1-2H3,(H2,29,30,32). The molecule has 1 aliphatic heterocycles. The summed E-state index contributed by atoms with van der Waals surface area (Å²) >= 11 is 5.91. The summed E-state index contributed by atoms with van der Waals surface area (Å²) in [4.78, 5) is 12.5. The van der Waals surface area contributed by atoms with Crippen LogP contribution in [0.5, 0.6) is 5.75 Å². The molecule has 0 radical (unpaired) electrons. The normalized spacial score (nSPS) is 17.9. The van der Waals surface area contributed by atoms with Crippen molar-refractivity contribution in [2.45, 2.75) is 31.4 Å². The van der Waals surface area contributed by atoms with E-state index < -0.39 is 0 Å². The maximum atomic E-state index is 12.5. The van der Waals surface area contributed by atoms with Crippen molar-refractivity contribution in [3.63, 3.8) is 0 Å². The van der Waals surface area contributed by atoms with E-state index >= 15 is 0 Å². The van der Waals surface area contributed by atoms with E-state index in [-0.39, 0.29) is 18.2 Å². The lowest BCUT2D eigenvalue weighted by Crippen LogP contribution is -2.46. The number of benzene rings is 2. The van der Waals surface area contributed by atoms with Crippen molar-refractivity contribution >= 4 is 29.0 Å². The molecule has 2 heterocycles. The van der Waals surface area contributed by atoms with Gasteiger partial charge in [-0.25, -0.2) is 4.79 Å². The molecule has 8 nitrogen and oxygen atoms in total. The van der Waals surface area contributed by atoms with Crippen LogP contribution in [0.2, 0.25) is 5.02 Å². The maximum absolute atomic E-state index is 12.5. The minimum Gasteiger partial charge on any atom is -0.493 e. The van der Waals surface area contributed by atoms with Crippen molar-refractivity contribution in [2.75, 3.05) is 30.9 Å². The van der Waals surface area contributed by atoms with Gasteiger partial charge in [-0.1, -0.05) is 11.6 Å². The third-order valence-electron chi connectivity index (χ3n) is 5.95. The molecule has 4 rings (SSSR count). The Labute approximate surface area is 204 Å². The molecule has 180 valence electrons. The number of rotatable bonds is 8. The summed E-state index contributed by atoms with van der Waals surface area (Å²) in [7, 11) is 3.64. The Morgan fingerprint density at radius 1 is 1.18 bits per heavy atom. The number of nitrogens with one attached hydrogen (secondary N) is 3. The lowest BCUT2D eigenvalue weighted by atomic mass is 9.99. The number of halogens is 1. The fourth-order valence-electron chi connectivity index (χ4n) is 4.19. The lowest BCUT2D eigenvalue weighted by molar-refractivity contribution is 0.0383. The molecule has 2 unspecified atom stereocenters. The average molecular weight is 484 g/mol. The Bertz CT molecular complexity index is 1100. The highest BCUT2D eigenvalue weighted by atomic mass is 35.5. The number of hydrogen-bond donors (Lipinski definition) is 3. The number of aromatic nitrogens is 2. The first-order valence-corrected chi connectivity index (χ1v) is 11.8. The first-order chi connectivity index (χ1) is 16.5. The Morgan fingerprint density at radius 2 is 1.94 bits per heavy atom. The zero-order valence-electron chi connectivity index (χ0n) is 19.4. The van der Waals surface area contributed by atoms with Crippen molar-refractivity contribution in [3.8, 4) is 17.0 Å². The van der Waals surface area contributed by atoms with Crippen LogP contribution in [0.4, 0.5) is 16.2 Å². The molecule has 34 heavy (non-hydrogen) atoms. The van der Waals surface area contributed by atoms with Crippen molar-refractivity contribution < 1.29 is 14.3 Å². The quantitative estimate of drug-likeness (QED) is 0.423. The van der Waals surface area contributed by atoms with Crippen molar-refractivity contribution in [3.05, 3.63) is 59.8 Å². The maximum Gasteiger partial charge on any atom is 0.323 e. The lowest BCUT2D eigenvalue weighted by Gasteiger charge is -2.31. The van der Waals surface area contributed by atoms with Crippen LogP contribution in [0.3, 0.4) is 0 Å². The zero-order chi connectivity index (χ0) is 23.9. The minimum absolute atomic E-state index is 0.208. The number of carbonyl (C=O) groups is 1. The third kappa shape index (κ3) is 6.08. The zero-order valence-corrected chi connectivity index (χ0v) is 20.1. The molecular weight excluding hydrogens is 454 g/mol. The Balaban J connectivity index is 1.46. The van der Waals surface area contributed by atoms with Crippen molar-refractivity contribution in [1.29, 1.82) is 0 Å². The number of methoxy groups -OCH3 is 1. The largest absolute Gasteiger partial charge is 0.493 e. The first-order valence-electron chi connectivity index (χ1n) is 11.4. The van der Waals surface area contributed by atoms with E-state index in [2.05, 4.69) is 21.0 Å². The molecule has 0 aliphatic carbocycles. The van der Waals surface area contributed by atoms with Crippen LogP contribution in [-0.4, -0.2) is 48.2 Å². The van der Waals surface area contributed by atoms with Crippen LogP contribution in [0, 0.1) is 0 Å². The molecule has 2 atom stereocenters. The van der Waals surface area contributed by atoms with Gasteiger partial charge in [-0.2, -0.15) is 5.10 Å². The number of hydrogen-bond acceptors (Lipinski definition) is 5. The summed E-state index contributed by atoms with van der Waals surface area (Å²) in [5.41, 5.74) is 3.04.